The van der Waals surface area contributed by atoms with Crippen molar-refractivity contribution in [2.45, 2.75) is 103 Å². The first-order valence-corrected chi connectivity index (χ1v) is 18.8. The van der Waals surface area contributed by atoms with E-state index in [0.717, 1.165) is 11.0 Å². The lowest BCUT2D eigenvalue weighted by Gasteiger charge is -2.42. The fourth-order valence-corrected chi connectivity index (χ4v) is 6.14. The Kier molecular flexibility index (Phi) is 9.07. The van der Waals surface area contributed by atoms with Crippen LogP contribution >= 0.6 is 22.6 Å². The first-order chi connectivity index (χ1) is 14.1. The van der Waals surface area contributed by atoms with E-state index in [9.17, 15) is 0 Å². The Morgan fingerprint density at radius 3 is 1.97 bits per heavy atom. The number of hydroxylamine groups is 2. The summed E-state index contributed by atoms with van der Waals surface area (Å²) in [4.78, 5) is 6.51. The van der Waals surface area contributed by atoms with Gasteiger partial charge in [-0.2, -0.15) is 5.06 Å². The molecule has 0 N–H and O–H groups in total. The zero-order chi connectivity index (χ0) is 23.7. The Balaban J connectivity index is 2.32. The summed E-state index contributed by atoms with van der Waals surface area (Å²) < 4.78 is 14.6. The van der Waals surface area contributed by atoms with E-state index in [1.165, 1.54) is 5.56 Å². The molecule has 0 aliphatic carbocycles. The summed E-state index contributed by atoms with van der Waals surface area (Å²) in [7, 11) is -3.84. The molecule has 0 saturated carbocycles. The van der Waals surface area contributed by atoms with Gasteiger partial charge in [0.25, 0.3) is 0 Å². The fraction of sp³-hybridized carbons (Fsp3) is 0.750. The minimum absolute atomic E-state index is 0.0197. The van der Waals surface area contributed by atoms with E-state index in [-0.39, 0.29) is 28.3 Å². The van der Waals surface area contributed by atoms with Crippen LogP contribution in [0.1, 0.15) is 47.1 Å². The molecule has 2 rings (SSSR count). The van der Waals surface area contributed by atoms with Gasteiger partial charge in [-0.1, -0.05) is 94.5 Å². The third kappa shape index (κ3) is 6.86. The quantitative estimate of drug-likeness (QED) is 0.189. The first kappa shape index (κ1) is 27.5. The van der Waals surface area contributed by atoms with Gasteiger partial charge in [-0.3, -0.25) is 4.84 Å². The number of rotatable bonds is 8. The number of hydrogen-bond donors (Lipinski definition) is 0. The molecule has 0 unspecified atom stereocenters. The molecule has 3 atom stereocenters. The van der Waals surface area contributed by atoms with Crippen LogP contribution in [-0.2, 0) is 20.2 Å². The molecule has 1 aliphatic rings. The molecule has 1 fully saturated rings. The molecule has 0 amide bonds. The van der Waals surface area contributed by atoms with Gasteiger partial charge in [0.05, 0.1) is 18.8 Å². The topological polar surface area (TPSA) is 30.9 Å². The van der Waals surface area contributed by atoms with Crippen LogP contribution in [0.15, 0.2) is 30.3 Å². The smallest absolute Gasteiger partial charge is 0.192 e. The van der Waals surface area contributed by atoms with Crippen LogP contribution in [0.25, 0.3) is 0 Å². The van der Waals surface area contributed by atoms with Gasteiger partial charge in [-0.15, -0.1) is 0 Å². The Hall–Kier alpha value is 0.224. The van der Waals surface area contributed by atoms with E-state index in [2.05, 4.69) is 126 Å². The average Bonchev–Trinajstić information content (AvgIpc) is 2.94. The van der Waals surface area contributed by atoms with Crippen LogP contribution in [0, 0.1) is 0 Å². The van der Waals surface area contributed by atoms with Crippen molar-refractivity contribution < 1.29 is 13.7 Å². The van der Waals surface area contributed by atoms with Crippen molar-refractivity contribution in [3.05, 3.63) is 35.9 Å². The van der Waals surface area contributed by atoms with Gasteiger partial charge in [-0.25, -0.2) is 0 Å². The lowest BCUT2D eigenvalue weighted by atomic mass is 10.1. The number of hydrogen-bond acceptors (Lipinski definition) is 4. The second-order valence-electron chi connectivity index (χ2n) is 11.8. The highest BCUT2D eigenvalue weighted by atomic mass is 127. The monoisotopic (exact) mass is 577 g/mol. The third-order valence-electron chi connectivity index (χ3n) is 7.38. The second-order valence-corrected chi connectivity index (χ2v) is 22.3. The fourth-order valence-electron chi connectivity index (χ4n) is 3.12. The second kappa shape index (κ2) is 10.2. The van der Waals surface area contributed by atoms with Crippen molar-refractivity contribution in [2.75, 3.05) is 11.0 Å². The van der Waals surface area contributed by atoms with Crippen LogP contribution in [0.5, 0.6) is 0 Å². The minimum Gasteiger partial charge on any atom is -0.415 e. The van der Waals surface area contributed by atoms with Crippen LogP contribution < -0.4 is 0 Å². The van der Waals surface area contributed by atoms with Crippen molar-refractivity contribution in [1.29, 1.82) is 0 Å². The maximum absolute atomic E-state index is 7.00. The molecular formula is C24H44INO3Si2. The summed E-state index contributed by atoms with van der Waals surface area (Å²) >= 11 is 2.44. The van der Waals surface area contributed by atoms with Crippen LogP contribution in [0.4, 0.5) is 0 Å². The maximum Gasteiger partial charge on any atom is 0.192 e. The van der Waals surface area contributed by atoms with Crippen molar-refractivity contribution in [1.82, 2.24) is 5.06 Å². The molecule has 7 heteroatoms. The predicted molar refractivity (Wildman–Crippen MR) is 145 cm³/mol. The number of nitrogens with zero attached hydrogens (tertiary/aromatic N) is 1. The van der Waals surface area contributed by atoms with Crippen LogP contribution in [-0.4, -0.2) is 51.0 Å². The molecular weight excluding hydrogens is 533 g/mol. The number of benzene rings is 1. The first-order valence-electron chi connectivity index (χ1n) is 11.4. The van der Waals surface area contributed by atoms with Gasteiger partial charge in [0.15, 0.2) is 16.6 Å². The lowest BCUT2D eigenvalue weighted by Crippen LogP contribution is -2.52. The Morgan fingerprint density at radius 1 is 0.935 bits per heavy atom. The third-order valence-corrected chi connectivity index (χ3v) is 17.2. The summed E-state index contributed by atoms with van der Waals surface area (Å²) in [6.45, 7) is 24.5. The molecule has 0 spiro atoms. The van der Waals surface area contributed by atoms with Gasteiger partial charge in [0.2, 0.25) is 0 Å². The van der Waals surface area contributed by atoms with Gasteiger partial charge >= 0.3 is 0 Å². The Bertz CT molecular complexity index is 701. The Labute approximate surface area is 206 Å². The van der Waals surface area contributed by atoms with Gasteiger partial charge < -0.3 is 8.85 Å². The molecule has 0 aromatic heterocycles. The summed E-state index contributed by atoms with van der Waals surface area (Å²) in [5.41, 5.74) is 1.25. The Morgan fingerprint density at radius 2 is 1.48 bits per heavy atom. The summed E-state index contributed by atoms with van der Waals surface area (Å²) in [5, 5.41) is 2.47. The lowest BCUT2D eigenvalue weighted by molar-refractivity contribution is -0.167. The molecule has 0 bridgehead atoms. The highest BCUT2D eigenvalue weighted by Crippen LogP contribution is 2.41. The van der Waals surface area contributed by atoms with Crippen molar-refractivity contribution in [3.8, 4) is 0 Å². The van der Waals surface area contributed by atoms with Gasteiger partial charge in [-0.05, 0) is 41.8 Å². The molecule has 1 aliphatic heterocycles. The molecule has 1 heterocycles. The zero-order valence-electron chi connectivity index (χ0n) is 21.3. The van der Waals surface area contributed by atoms with E-state index < -0.39 is 16.6 Å². The molecule has 1 aromatic carbocycles. The van der Waals surface area contributed by atoms with Gasteiger partial charge in [0, 0.05) is 11.0 Å². The largest absolute Gasteiger partial charge is 0.415 e. The zero-order valence-corrected chi connectivity index (χ0v) is 25.4. The number of alkyl halides is 1. The van der Waals surface area contributed by atoms with Crippen molar-refractivity contribution in [2.24, 2.45) is 0 Å². The van der Waals surface area contributed by atoms with Crippen LogP contribution in [0.2, 0.25) is 36.3 Å². The van der Waals surface area contributed by atoms with E-state index in [1.54, 1.807) is 0 Å². The van der Waals surface area contributed by atoms with E-state index >= 15 is 0 Å². The van der Waals surface area contributed by atoms with E-state index in [1.807, 2.05) is 0 Å². The average molecular weight is 578 g/mol. The highest BCUT2D eigenvalue weighted by molar-refractivity contribution is 14.1. The molecule has 31 heavy (non-hydrogen) atoms. The highest BCUT2D eigenvalue weighted by Gasteiger charge is 2.50. The number of halogens is 1. The predicted octanol–water partition coefficient (Wildman–Crippen LogP) is 7.02. The standard InChI is InChI=1S/C24H44INO3Si2/c1-23(2,3)30(7,8)27-18-20-22(29-31(9,10)24(4,5)6)21(16-25)28-26(20)17-19-14-12-11-13-15-19/h11-15,20-22H,16-18H2,1-10H3/t20-,21-,22-/m0/s1. The van der Waals surface area contributed by atoms with E-state index in [4.69, 9.17) is 13.7 Å². The minimum atomic E-state index is -1.96. The summed E-state index contributed by atoms with van der Waals surface area (Å²) in [6.07, 6.45) is 0.0673. The van der Waals surface area contributed by atoms with Crippen LogP contribution in [0.3, 0.4) is 0 Å². The molecule has 0 radical (unpaired) electrons. The summed E-state index contributed by atoms with van der Waals surface area (Å²) in [5.74, 6) is 0. The molecule has 4 nitrogen and oxygen atoms in total. The van der Waals surface area contributed by atoms with Gasteiger partial charge in [0.1, 0.15) is 6.10 Å². The normalized spacial score (nSPS) is 24.0. The summed E-state index contributed by atoms with van der Waals surface area (Å²) in [6, 6.07) is 10.6. The molecule has 1 aromatic rings. The molecule has 1 saturated heterocycles. The molecule has 178 valence electrons. The van der Waals surface area contributed by atoms with Crippen molar-refractivity contribution >= 4 is 39.2 Å². The van der Waals surface area contributed by atoms with Crippen molar-refractivity contribution in [3.63, 3.8) is 0 Å². The SMILES string of the molecule is CC(C)(C)[Si](C)(C)OC[C@H]1[C@H](O[Si](C)(C)C(C)(C)C)[C@H](CI)ON1Cc1ccccc1. The van der Waals surface area contributed by atoms with E-state index in [0.29, 0.717) is 6.61 Å². The maximum atomic E-state index is 7.00.